The molecule has 0 atom stereocenters. The Morgan fingerprint density at radius 3 is 2.53 bits per heavy atom. The van der Waals surface area contributed by atoms with Crippen LogP contribution in [0.15, 0.2) is 30.3 Å². The van der Waals surface area contributed by atoms with Gasteiger partial charge in [-0.25, -0.2) is 18.2 Å². The molecule has 2 nitrogen and oxygen atoms in total. The lowest BCUT2D eigenvalue weighted by Crippen LogP contribution is -1.87. The molecule has 0 fully saturated rings. The third-order valence-electron chi connectivity index (χ3n) is 2.75. The van der Waals surface area contributed by atoms with Crippen molar-refractivity contribution in [1.29, 1.82) is 0 Å². The molecule has 6 heteroatoms. The molecule has 0 bridgehead atoms. The predicted octanol–water partition coefficient (Wildman–Crippen LogP) is 4.30. The zero-order valence-electron chi connectivity index (χ0n) is 9.35. The molecule has 0 aliphatic rings. The third-order valence-corrected chi connectivity index (χ3v) is 3.06. The number of imidazole rings is 1. The summed E-state index contributed by atoms with van der Waals surface area (Å²) in [7, 11) is 0. The Morgan fingerprint density at radius 1 is 1.00 bits per heavy atom. The number of benzene rings is 2. The number of aromatic nitrogens is 2. The van der Waals surface area contributed by atoms with Crippen LogP contribution in [0.3, 0.4) is 0 Å². The van der Waals surface area contributed by atoms with Gasteiger partial charge in [0.25, 0.3) is 0 Å². The molecule has 0 aliphatic heterocycles. The van der Waals surface area contributed by atoms with Crippen LogP contribution in [-0.2, 0) is 0 Å². The molecule has 3 aromatic rings. The molecule has 0 saturated heterocycles. The topological polar surface area (TPSA) is 28.7 Å². The molecule has 1 aromatic heterocycles. The van der Waals surface area contributed by atoms with E-state index in [2.05, 4.69) is 9.97 Å². The summed E-state index contributed by atoms with van der Waals surface area (Å²) in [5.41, 5.74) is 0.114. The summed E-state index contributed by atoms with van der Waals surface area (Å²) in [6.45, 7) is 0. The second-order valence-electron chi connectivity index (χ2n) is 3.94. The molecule has 0 spiro atoms. The zero-order valence-corrected chi connectivity index (χ0v) is 10.1. The Hall–Kier alpha value is -2.01. The van der Waals surface area contributed by atoms with Crippen LogP contribution in [0.2, 0.25) is 5.02 Å². The third kappa shape index (κ3) is 1.86. The zero-order chi connectivity index (χ0) is 13.6. The normalized spacial score (nSPS) is 11.2. The van der Waals surface area contributed by atoms with E-state index in [1.807, 2.05) is 0 Å². The van der Waals surface area contributed by atoms with Crippen molar-refractivity contribution in [2.75, 3.05) is 0 Å². The number of halogens is 4. The minimum atomic E-state index is -1.08. The van der Waals surface area contributed by atoms with Crippen molar-refractivity contribution in [3.05, 3.63) is 52.8 Å². The molecule has 19 heavy (non-hydrogen) atoms. The van der Waals surface area contributed by atoms with Crippen LogP contribution in [0.4, 0.5) is 13.2 Å². The highest BCUT2D eigenvalue weighted by atomic mass is 35.5. The molecule has 0 aliphatic carbocycles. The summed E-state index contributed by atoms with van der Waals surface area (Å²) < 4.78 is 40.4. The summed E-state index contributed by atoms with van der Waals surface area (Å²) in [5, 5.41) is 0.139. The van der Waals surface area contributed by atoms with Crippen LogP contribution >= 0.6 is 11.6 Å². The van der Waals surface area contributed by atoms with E-state index < -0.39 is 17.5 Å². The summed E-state index contributed by atoms with van der Waals surface area (Å²) in [4.78, 5) is 6.59. The fourth-order valence-corrected chi connectivity index (χ4v) is 2.11. The van der Waals surface area contributed by atoms with Gasteiger partial charge in [0.1, 0.15) is 17.2 Å². The van der Waals surface area contributed by atoms with Gasteiger partial charge in [-0.15, -0.1) is 0 Å². The van der Waals surface area contributed by atoms with Crippen molar-refractivity contribution in [2.24, 2.45) is 0 Å². The number of rotatable bonds is 1. The Morgan fingerprint density at radius 2 is 1.79 bits per heavy atom. The van der Waals surface area contributed by atoms with Crippen LogP contribution in [0.25, 0.3) is 22.4 Å². The SMILES string of the molecule is Fc1cccc(Cl)c1-c1nc2c(F)c(F)ccc2[nH]1. The molecule has 0 amide bonds. The molecule has 0 saturated carbocycles. The maximum Gasteiger partial charge on any atom is 0.186 e. The highest BCUT2D eigenvalue weighted by molar-refractivity contribution is 6.33. The molecule has 0 unspecified atom stereocenters. The van der Waals surface area contributed by atoms with Crippen LogP contribution in [0.1, 0.15) is 0 Å². The van der Waals surface area contributed by atoms with Crippen LogP contribution < -0.4 is 0 Å². The van der Waals surface area contributed by atoms with Crippen molar-refractivity contribution in [3.8, 4) is 11.4 Å². The average Bonchev–Trinajstić information content (AvgIpc) is 2.78. The Labute approximate surface area is 110 Å². The minimum absolute atomic E-state index is 0.0279. The fraction of sp³-hybridized carbons (Fsp3) is 0. The smallest absolute Gasteiger partial charge is 0.186 e. The quantitative estimate of drug-likeness (QED) is 0.708. The van der Waals surface area contributed by atoms with Crippen molar-refractivity contribution in [2.45, 2.75) is 0 Å². The molecule has 0 radical (unpaired) electrons. The molecule has 1 heterocycles. The van der Waals surface area contributed by atoms with E-state index >= 15 is 0 Å². The number of nitrogens with zero attached hydrogens (tertiary/aromatic N) is 1. The summed E-state index contributed by atoms with van der Waals surface area (Å²) in [6, 6.07) is 6.46. The second-order valence-corrected chi connectivity index (χ2v) is 4.35. The van der Waals surface area contributed by atoms with Gasteiger partial charge in [-0.2, -0.15) is 0 Å². The van der Waals surface area contributed by atoms with E-state index in [1.54, 1.807) is 0 Å². The molecule has 96 valence electrons. The monoisotopic (exact) mass is 282 g/mol. The van der Waals surface area contributed by atoms with Gasteiger partial charge in [0, 0.05) is 0 Å². The number of fused-ring (bicyclic) bond motifs is 1. The lowest BCUT2D eigenvalue weighted by Gasteiger charge is -2.01. The Bertz CT molecular complexity index is 763. The van der Waals surface area contributed by atoms with Gasteiger partial charge >= 0.3 is 0 Å². The Kier molecular flexibility index (Phi) is 2.71. The van der Waals surface area contributed by atoms with Crippen LogP contribution in [0.5, 0.6) is 0 Å². The second kappa shape index (κ2) is 4.28. The molecule has 1 N–H and O–H groups in total. The first kappa shape index (κ1) is 12.0. The number of aromatic amines is 1. The van der Waals surface area contributed by atoms with E-state index in [-0.39, 0.29) is 27.4 Å². The number of hydrogen-bond acceptors (Lipinski definition) is 1. The van der Waals surface area contributed by atoms with Gasteiger partial charge in [-0.1, -0.05) is 17.7 Å². The average molecular weight is 283 g/mol. The van der Waals surface area contributed by atoms with Gasteiger partial charge in [-0.3, -0.25) is 0 Å². The number of nitrogens with one attached hydrogen (secondary N) is 1. The first-order valence-electron chi connectivity index (χ1n) is 5.36. The highest BCUT2D eigenvalue weighted by Crippen LogP contribution is 2.30. The van der Waals surface area contributed by atoms with Gasteiger partial charge in [0.2, 0.25) is 0 Å². The van der Waals surface area contributed by atoms with Gasteiger partial charge in [0.05, 0.1) is 16.1 Å². The number of hydrogen-bond donors (Lipinski definition) is 1. The van der Waals surface area contributed by atoms with E-state index in [1.165, 1.54) is 24.3 Å². The van der Waals surface area contributed by atoms with Crippen molar-refractivity contribution in [3.63, 3.8) is 0 Å². The molecular formula is C13H6ClF3N2. The molecular weight excluding hydrogens is 277 g/mol. The van der Waals surface area contributed by atoms with Gasteiger partial charge < -0.3 is 4.98 Å². The highest BCUT2D eigenvalue weighted by Gasteiger charge is 2.17. The number of H-pyrrole nitrogens is 1. The molecule has 3 rings (SSSR count). The first-order valence-corrected chi connectivity index (χ1v) is 5.74. The van der Waals surface area contributed by atoms with E-state index in [0.29, 0.717) is 0 Å². The van der Waals surface area contributed by atoms with Crippen molar-refractivity contribution < 1.29 is 13.2 Å². The standard InChI is InChI=1S/C13H6ClF3N2/c14-6-2-1-3-7(15)10(6)13-18-9-5-4-8(16)11(17)12(9)19-13/h1-5H,(H,18,19). The van der Waals surface area contributed by atoms with E-state index in [0.717, 1.165) is 6.07 Å². The summed E-state index contributed by atoms with van der Waals surface area (Å²) in [6.07, 6.45) is 0. The van der Waals surface area contributed by atoms with Crippen LogP contribution in [-0.4, -0.2) is 9.97 Å². The molecule has 2 aromatic carbocycles. The first-order chi connectivity index (χ1) is 9.08. The van der Waals surface area contributed by atoms with E-state index in [4.69, 9.17) is 11.6 Å². The maximum absolute atomic E-state index is 13.7. The summed E-state index contributed by atoms with van der Waals surface area (Å²) >= 11 is 5.89. The summed E-state index contributed by atoms with van der Waals surface area (Å²) in [5.74, 6) is -2.62. The largest absolute Gasteiger partial charge is 0.338 e. The predicted molar refractivity (Wildman–Crippen MR) is 66.4 cm³/mol. The fourth-order valence-electron chi connectivity index (χ4n) is 1.86. The van der Waals surface area contributed by atoms with Crippen molar-refractivity contribution >= 4 is 22.6 Å². The lowest BCUT2D eigenvalue weighted by molar-refractivity contribution is 0.515. The van der Waals surface area contributed by atoms with E-state index in [9.17, 15) is 13.2 Å². The van der Waals surface area contributed by atoms with Crippen molar-refractivity contribution in [1.82, 2.24) is 9.97 Å². The maximum atomic E-state index is 13.7. The lowest BCUT2D eigenvalue weighted by atomic mass is 10.2. The van der Waals surface area contributed by atoms with Crippen LogP contribution in [0, 0.1) is 17.5 Å². The van der Waals surface area contributed by atoms with Gasteiger partial charge in [-0.05, 0) is 24.3 Å². The van der Waals surface area contributed by atoms with Gasteiger partial charge in [0.15, 0.2) is 11.6 Å². The minimum Gasteiger partial charge on any atom is -0.338 e. The Balaban J connectivity index is 2.30.